The van der Waals surface area contributed by atoms with E-state index in [1.807, 2.05) is 33.8 Å². The number of amides is 2. The summed E-state index contributed by atoms with van der Waals surface area (Å²) in [5.41, 5.74) is 0.545. The van der Waals surface area contributed by atoms with Crippen molar-refractivity contribution in [2.45, 2.75) is 46.3 Å². The molecule has 2 amide bonds. The van der Waals surface area contributed by atoms with Gasteiger partial charge in [-0.1, -0.05) is 13.0 Å². The maximum absolute atomic E-state index is 12.3. The molecular formula is C18H27N3O4. The fourth-order valence-electron chi connectivity index (χ4n) is 2.88. The van der Waals surface area contributed by atoms with Crippen molar-refractivity contribution < 1.29 is 19.4 Å². The van der Waals surface area contributed by atoms with Crippen LogP contribution in [-0.4, -0.2) is 45.7 Å². The first kappa shape index (κ1) is 19.0. The Kier molecular flexibility index (Phi) is 5.87. The minimum atomic E-state index is -0.844. The summed E-state index contributed by atoms with van der Waals surface area (Å²) < 4.78 is 5.66. The van der Waals surface area contributed by atoms with E-state index < -0.39 is 11.9 Å². The molecule has 138 valence electrons. The molecule has 2 unspecified atom stereocenters. The van der Waals surface area contributed by atoms with Crippen molar-refractivity contribution >= 4 is 12.0 Å². The fraction of sp³-hybridized carbons (Fsp3) is 0.611. The Morgan fingerprint density at radius 2 is 2.08 bits per heavy atom. The van der Waals surface area contributed by atoms with Crippen LogP contribution < -0.4 is 10.1 Å². The Balaban J connectivity index is 1.88. The molecule has 1 aliphatic heterocycles. The number of likely N-dealkylation sites (tertiary alicyclic amines) is 1. The Hall–Kier alpha value is -2.31. The highest BCUT2D eigenvalue weighted by Crippen LogP contribution is 2.22. The second-order valence-electron chi connectivity index (χ2n) is 7.66. The number of carboxylic acids is 1. The average Bonchev–Trinajstić information content (AvgIpc) is 2.51. The van der Waals surface area contributed by atoms with Gasteiger partial charge in [-0.25, -0.2) is 9.78 Å². The Morgan fingerprint density at radius 3 is 2.64 bits per heavy atom. The molecule has 0 saturated carbocycles. The van der Waals surface area contributed by atoms with Gasteiger partial charge in [0.15, 0.2) is 0 Å². The van der Waals surface area contributed by atoms with Crippen molar-refractivity contribution in [1.82, 2.24) is 15.2 Å². The van der Waals surface area contributed by atoms with Crippen LogP contribution in [0, 0.1) is 11.8 Å². The van der Waals surface area contributed by atoms with E-state index in [4.69, 9.17) is 4.74 Å². The van der Waals surface area contributed by atoms with Crippen LogP contribution in [0.5, 0.6) is 5.88 Å². The van der Waals surface area contributed by atoms with Crippen molar-refractivity contribution in [1.29, 1.82) is 0 Å². The molecule has 7 nitrogen and oxygen atoms in total. The van der Waals surface area contributed by atoms with E-state index in [9.17, 15) is 14.7 Å². The predicted molar refractivity (Wildman–Crippen MR) is 93.3 cm³/mol. The summed E-state index contributed by atoms with van der Waals surface area (Å²) in [4.78, 5) is 29.3. The van der Waals surface area contributed by atoms with Crippen LogP contribution in [0.15, 0.2) is 18.3 Å². The maximum Gasteiger partial charge on any atom is 0.317 e. The molecule has 0 aliphatic carbocycles. The van der Waals surface area contributed by atoms with Gasteiger partial charge in [0, 0.05) is 31.9 Å². The third-order valence-corrected chi connectivity index (χ3v) is 3.95. The summed E-state index contributed by atoms with van der Waals surface area (Å²) in [5.74, 6) is -0.624. The minimum Gasteiger partial charge on any atom is -0.481 e. The van der Waals surface area contributed by atoms with Gasteiger partial charge in [0.05, 0.1) is 5.92 Å². The number of piperidine rings is 1. The van der Waals surface area contributed by atoms with Gasteiger partial charge in [-0.05, 0) is 38.7 Å². The van der Waals surface area contributed by atoms with Crippen molar-refractivity contribution in [2.24, 2.45) is 11.8 Å². The van der Waals surface area contributed by atoms with Crippen molar-refractivity contribution in [2.75, 3.05) is 13.1 Å². The quantitative estimate of drug-likeness (QED) is 0.871. The summed E-state index contributed by atoms with van der Waals surface area (Å²) in [7, 11) is 0. The van der Waals surface area contributed by atoms with E-state index in [0.717, 1.165) is 5.56 Å². The molecule has 2 atom stereocenters. The number of nitrogens with one attached hydrogen (secondary N) is 1. The number of carbonyl (C=O) groups is 2. The SMILES string of the molecule is CC1CC(C(=O)O)CN(C(=O)NCc2ccc(OC(C)(C)C)nc2)C1. The van der Waals surface area contributed by atoms with Crippen LogP contribution in [0.1, 0.15) is 39.7 Å². The highest BCUT2D eigenvalue weighted by atomic mass is 16.5. The van der Waals surface area contributed by atoms with E-state index in [0.29, 0.717) is 25.4 Å². The summed E-state index contributed by atoms with van der Waals surface area (Å²) >= 11 is 0. The number of carbonyl (C=O) groups excluding carboxylic acids is 1. The van der Waals surface area contributed by atoms with Crippen molar-refractivity contribution in [3.8, 4) is 5.88 Å². The van der Waals surface area contributed by atoms with Crippen LogP contribution in [0.2, 0.25) is 0 Å². The number of pyridine rings is 1. The highest BCUT2D eigenvalue weighted by Gasteiger charge is 2.31. The molecule has 1 saturated heterocycles. The number of nitrogens with zero attached hydrogens (tertiary/aromatic N) is 2. The second-order valence-corrected chi connectivity index (χ2v) is 7.66. The number of carboxylic acid groups (broad SMARTS) is 1. The number of urea groups is 1. The lowest BCUT2D eigenvalue weighted by atomic mass is 9.91. The Labute approximate surface area is 148 Å². The van der Waals surface area contributed by atoms with E-state index in [2.05, 4.69) is 10.3 Å². The van der Waals surface area contributed by atoms with Gasteiger partial charge in [-0.2, -0.15) is 0 Å². The number of aliphatic carboxylic acids is 1. The molecule has 7 heteroatoms. The third kappa shape index (κ3) is 5.92. The summed E-state index contributed by atoms with van der Waals surface area (Å²) in [6.45, 7) is 8.98. The van der Waals surface area contributed by atoms with Crippen molar-refractivity contribution in [3.05, 3.63) is 23.9 Å². The first-order chi connectivity index (χ1) is 11.6. The highest BCUT2D eigenvalue weighted by molar-refractivity contribution is 5.76. The first-order valence-electron chi connectivity index (χ1n) is 8.53. The standard InChI is InChI=1S/C18H27N3O4/c1-12-7-14(16(22)23)11-21(10-12)17(24)20-9-13-5-6-15(19-8-13)25-18(2,3)4/h5-6,8,12,14H,7,9-11H2,1-4H3,(H,20,24)(H,22,23). The lowest BCUT2D eigenvalue weighted by Gasteiger charge is -2.34. The summed E-state index contributed by atoms with van der Waals surface area (Å²) in [5, 5.41) is 12.0. The molecule has 0 spiro atoms. The molecule has 1 aromatic rings. The molecule has 1 aliphatic rings. The molecule has 2 heterocycles. The van der Waals surface area contributed by atoms with Gasteiger partial charge >= 0.3 is 12.0 Å². The van der Waals surface area contributed by atoms with Crippen LogP contribution in [0.3, 0.4) is 0 Å². The molecule has 2 N–H and O–H groups in total. The molecule has 1 aromatic heterocycles. The summed E-state index contributed by atoms with van der Waals surface area (Å²) in [6, 6.07) is 3.39. The summed E-state index contributed by atoms with van der Waals surface area (Å²) in [6.07, 6.45) is 2.28. The van der Waals surface area contributed by atoms with Gasteiger partial charge in [-0.3, -0.25) is 4.79 Å². The zero-order valence-corrected chi connectivity index (χ0v) is 15.3. The normalized spacial score (nSPS) is 20.9. The lowest BCUT2D eigenvalue weighted by molar-refractivity contribution is -0.143. The fourth-order valence-corrected chi connectivity index (χ4v) is 2.88. The van der Waals surface area contributed by atoms with E-state index in [1.165, 1.54) is 0 Å². The van der Waals surface area contributed by atoms with Gasteiger partial charge in [0.1, 0.15) is 5.60 Å². The molecular weight excluding hydrogens is 322 g/mol. The smallest absolute Gasteiger partial charge is 0.317 e. The van der Waals surface area contributed by atoms with Crippen molar-refractivity contribution in [3.63, 3.8) is 0 Å². The van der Waals surface area contributed by atoms with E-state index >= 15 is 0 Å². The zero-order chi connectivity index (χ0) is 18.6. The minimum absolute atomic E-state index is 0.177. The number of ether oxygens (including phenoxy) is 1. The average molecular weight is 349 g/mol. The number of aromatic nitrogens is 1. The first-order valence-corrected chi connectivity index (χ1v) is 8.53. The maximum atomic E-state index is 12.3. The second kappa shape index (κ2) is 7.72. The topological polar surface area (TPSA) is 91.8 Å². The molecule has 0 radical (unpaired) electrons. The lowest BCUT2D eigenvalue weighted by Crippen LogP contribution is -2.49. The predicted octanol–water partition coefficient (Wildman–Crippen LogP) is 2.51. The molecule has 2 rings (SSSR count). The van der Waals surface area contributed by atoms with Gasteiger partial charge in [0.25, 0.3) is 0 Å². The molecule has 25 heavy (non-hydrogen) atoms. The van der Waals surface area contributed by atoms with Gasteiger partial charge < -0.3 is 20.1 Å². The third-order valence-electron chi connectivity index (χ3n) is 3.95. The van der Waals surface area contributed by atoms with Gasteiger partial charge in [-0.15, -0.1) is 0 Å². The monoisotopic (exact) mass is 349 g/mol. The number of hydrogen-bond acceptors (Lipinski definition) is 4. The Bertz CT molecular complexity index is 610. The zero-order valence-electron chi connectivity index (χ0n) is 15.3. The Morgan fingerprint density at radius 1 is 1.36 bits per heavy atom. The largest absolute Gasteiger partial charge is 0.481 e. The van der Waals surface area contributed by atoms with Gasteiger partial charge in [0.2, 0.25) is 5.88 Å². The number of rotatable bonds is 4. The number of hydrogen-bond donors (Lipinski definition) is 2. The van der Waals surface area contributed by atoms with Crippen LogP contribution in [0.25, 0.3) is 0 Å². The van der Waals surface area contributed by atoms with E-state index in [-0.39, 0.29) is 24.1 Å². The van der Waals surface area contributed by atoms with Crippen LogP contribution in [-0.2, 0) is 11.3 Å². The molecule has 1 fully saturated rings. The van der Waals surface area contributed by atoms with Crippen LogP contribution in [0.4, 0.5) is 4.79 Å². The van der Waals surface area contributed by atoms with Crippen LogP contribution >= 0.6 is 0 Å². The molecule has 0 aromatic carbocycles. The molecule has 0 bridgehead atoms. The van der Waals surface area contributed by atoms with E-state index in [1.54, 1.807) is 17.2 Å².